The zero-order valence-corrected chi connectivity index (χ0v) is 25.4. The van der Waals surface area contributed by atoms with E-state index in [1.54, 1.807) is 34.6 Å². The van der Waals surface area contributed by atoms with Crippen LogP contribution in [0.2, 0.25) is 0 Å². The largest absolute Gasteiger partial charge is 0.471 e. The average molecular weight is 605 g/mol. The highest BCUT2D eigenvalue weighted by molar-refractivity contribution is 5.92. The molecule has 1 saturated heterocycles. The summed E-state index contributed by atoms with van der Waals surface area (Å²) in [5, 5.41) is 2.74. The van der Waals surface area contributed by atoms with Crippen molar-refractivity contribution in [3.05, 3.63) is 29.7 Å². The molecule has 6 rings (SSSR count). The van der Waals surface area contributed by atoms with Crippen LogP contribution >= 0.6 is 0 Å². The molecule has 2 fully saturated rings. The molecule has 3 aliphatic heterocycles. The number of amides is 2. The van der Waals surface area contributed by atoms with E-state index in [-0.39, 0.29) is 35.7 Å². The fourth-order valence-corrected chi connectivity index (χ4v) is 6.76. The summed E-state index contributed by atoms with van der Waals surface area (Å²) < 4.78 is 57.6. The van der Waals surface area contributed by atoms with Gasteiger partial charge in [0.1, 0.15) is 23.6 Å². The fourth-order valence-electron chi connectivity index (χ4n) is 6.76. The zero-order valence-electron chi connectivity index (χ0n) is 25.4. The lowest BCUT2D eigenvalue weighted by Gasteiger charge is -2.45. The Balaban J connectivity index is 1.58. The molecule has 0 radical (unpaired) electrons. The highest BCUT2D eigenvalue weighted by Crippen LogP contribution is 2.46. The number of benzene rings is 1. The zero-order chi connectivity index (χ0) is 31.5. The number of alkyl carbamates (subject to hydrolysis) is 1. The number of hydrogen-bond donors (Lipinski definition) is 1. The van der Waals surface area contributed by atoms with E-state index in [0.717, 1.165) is 12.1 Å². The second kappa shape index (κ2) is 10.9. The second-order valence-corrected chi connectivity index (χ2v) is 13.7. The highest BCUT2D eigenvalue weighted by atomic mass is 19.3. The number of aromatic nitrogens is 2. The SMILES string of the molecule is CC(=O)[C@@H]1[C@H](C)[C@@H]2CN1C(=O)[C@H](C(C)(C)C)NC(=O)OC1(C)CC(CCCC(F)(F)c3nc4ccc(F)cc4nc3O2)C1. The molecule has 2 amide bonds. The van der Waals surface area contributed by atoms with Crippen molar-refractivity contribution in [2.75, 3.05) is 6.54 Å². The molecule has 2 aromatic rings. The first-order valence-electron chi connectivity index (χ1n) is 14.8. The van der Waals surface area contributed by atoms with Crippen LogP contribution in [-0.4, -0.2) is 63.0 Å². The molecular formula is C31H39F3N4O5. The van der Waals surface area contributed by atoms with Crippen molar-refractivity contribution in [2.45, 2.75) is 103 Å². The van der Waals surface area contributed by atoms with Gasteiger partial charge in [-0.25, -0.2) is 19.2 Å². The third kappa shape index (κ3) is 6.15. The Morgan fingerprint density at radius 3 is 2.49 bits per heavy atom. The Morgan fingerprint density at radius 2 is 1.84 bits per heavy atom. The predicted octanol–water partition coefficient (Wildman–Crippen LogP) is 5.54. The van der Waals surface area contributed by atoms with Gasteiger partial charge in [0, 0.05) is 18.4 Å². The maximum Gasteiger partial charge on any atom is 0.408 e. The lowest BCUT2D eigenvalue weighted by atomic mass is 9.70. The van der Waals surface area contributed by atoms with E-state index in [1.807, 2.05) is 0 Å². The van der Waals surface area contributed by atoms with Crippen molar-refractivity contribution in [2.24, 2.45) is 17.3 Å². The first-order chi connectivity index (χ1) is 20.0. The van der Waals surface area contributed by atoms with Crippen molar-refractivity contribution in [1.82, 2.24) is 20.2 Å². The number of fused-ring (bicyclic) bond motifs is 8. The highest BCUT2D eigenvalue weighted by Gasteiger charge is 2.51. The Hall–Kier alpha value is -3.44. The standard InChI is InChI=1S/C31H39F3N4O5/c1-16-22-15-38(23(16)17(2)39)27(40)25(29(3,4)5)37-28(41)43-30(6)13-18(14-30)8-7-11-31(33,34)24-26(42-22)36-21-12-19(32)9-10-20(21)35-24/h9-10,12,16,18,22-23,25H,7-8,11,13-15H2,1-6H3,(H,37,41)/t16-,18?,22+,23+,25-,30?/m1/s1. The Labute approximate surface area is 248 Å². The van der Waals surface area contributed by atoms with Crippen LogP contribution in [0.15, 0.2) is 18.2 Å². The fraction of sp³-hybridized carbons (Fsp3) is 0.645. The minimum atomic E-state index is -3.42. The van der Waals surface area contributed by atoms with Crippen molar-refractivity contribution >= 4 is 28.8 Å². The number of alkyl halides is 2. The molecule has 4 heterocycles. The van der Waals surface area contributed by atoms with Crippen molar-refractivity contribution < 1.29 is 37.0 Å². The molecule has 0 spiro atoms. The summed E-state index contributed by atoms with van der Waals surface area (Å²) in [4.78, 5) is 49.7. The normalized spacial score (nSPS) is 31.6. The molecule has 4 bridgehead atoms. The van der Waals surface area contributed by atoms with Crippen LogP contribution in [0.4, 0.5) is 18.0 Å². The second-order valence-electron chi connectivity index (χ2n) is 13.7. The minimum Gasteiger partial charge on any atom is -0.471 e. The number of carbonyl (C=O) groups is 3. The van der Waals surface area contributed by atoms with E-state index >= 15 is 8.78 Å². The average Bonchev–Trinajstić information content (AvgIpc) is 3.20. The van der Waals surface area contributed by atoms with Crippen LogP contribution in [0.3, 0.4) is 0 Å². The summed E-state index contributed by atoms with van der Waals surface area (Å²) in [6.07, 6.45) is -0.482. The minimum absolute atomic E-state index is 0.0441. The number of halogens is 3. The smallest absolute Gasteiger partial charge is 0.408 e. The van der Waals surface area contributed by atoms with Gasteiger partial charge in [-0.2, -0.15) is 8.78 Å². The van der Waals surface area contributed by atoms with E-state index in [4.69, 9.17) is 9.47 Å². The van der Waals surface area contributed by atoms with Crippen LogP contribution in [0.25, 0.3) is 11.0 Å². The van der Waals surface area contributed by atoms with Crippen LogP contribution in [0.5, 0.6) is 5.88 Å². The molecule has 1 aromatic carbocycles. The molecule has 9 nitrogen and oxygen atoms in total. The molecule has 1 N–H and O–H groups in total. The van der Waals surface area contributed by atoms with Gasteiger partial charge in [-0.3, -0.25) is 9.59 Å². The maximum atomic E-state index is 15.8. The first-order valence-corrected chi connectivity index (χ1v) is 14.8. The van der Waals surface area contributed by atoms with Crippen LogP contribution in [0.1, 0.15) is 79.3 Å². The van der Waals surface area contributed by atoms with Crippen LogP contribution < -0.4 is 10.1 Å². The number of nitrogens with one attached hydrogen (secondary N) is 1. The first kappa shape index (κ1) is 31.0. The summed E-state index contributed by atoms with van der Waals surface area (Å²) in [5.41, 5.74) is -2.05. The molecule has 1 saturated carbocycles. The van der Waals surface area contributed by atoms with E-state index < -0.39 is 76.9 Å². The summed E-state index contributed by atoms with van der Waals surface area (Å²) in [7, 11) is 0. The number of carbonyl (C=O) groups excluding carboxylic acids is 3. The predicted molar refractivity (Wildman–Crippen MR) is 151 cm³/mol. The summed E-state index contributed by atoms with van der Waals surface area (Å²) >= 11 is 0. The Bertz CT molecular complexity index is 1440. The number of nitrogens with zero attached hydrogens (tertiary/aromatic N) is 3. The van der Waals surface area contributed by atoms with Gasteiger partial charge in [0.2, 0.25) is 11.8 Å². The number of ketones is 1. The molecule has 12 heteroatoms. The number of ether oxygens (including phenoxy) is 2. The van der Waals surface area contributed by atoms with Gasteiger partial charge >= 0.3 is 6.09 Å². The molecule has 0 unspecified atom stereocenters. The number of hydrogen-bond acceptors (Lipinski definition) is 7. The topological polar surface area (TPSA) is 111 Å². The van der Waals surface area contributed by atoms with E-state index in [9.17, 15) is 18.8 Å². The lowest BCUT2D eigenvalue weighted by Crippen LogP contribution is -2.58. The van der Waals surface area contributed by atoms with Gasteiger partial charge in [-0.1, -0.05) is 27.7 Å². The molecule has 4 atom stereocenters. The number of rotatable bonds is 1. The van der Waals surface area contributed by atoms with Crippen molar-refractivity contribution in [3.63, 3.8) is 0 Å². The summed E-state index contributed by atoms with van der Waals surface area (Å²) in [6, 6.07) is 1.52. The van der Waals surface area contributed by atoms with E-state index in [0.29, 0.717) is 19.3 Å². The van der Waals surface area contributed by atoms with Crippen LogP contribution in [-0.2, 0) is 20.2 Å². The Kier molecular flexibility index (Phi) is 7.88. The molecule has 4 aliphatic rings. The molecule has 1 aromatic heterocycles. The number of Topliss-reactive ketones (excluding diaryl/α,β-unsaturated/α-hetero) is 1. The molecule has 1 aliphatic carbocycles. The van der Waals surface area contributed by atoms with Gasteiger partial charge in [0.15, 0.2) is 11.5 Å². The molecule has 43 heavy (non-hydrogen) atoms. The van der Waals surface area contributed by atoms with E-state index in [2.05, 4.69) is 15.3 Å². The van der Waals surface area contributed by atoms with Gasteiger partial charge in [0.05, 0.1) is 23.6 Å². The van der Waals surface area contributed by atoms with Crippen molar-refractivity contribution in [3.8, 4) is 5.88 Å². The van der Waals surface area contributed by atoms with E-state index in [1.165, 1.54) is 17.9 Å². The molecular weight excluding hydrogens is 565 g/mol. The lowest BCUT2D eigenvalue weighted by molar-refractivity contribution is -0.142. The van der Waals surface area contributed by atoms with Crippen molar-refractivity contribution in [1.29, 1.82) is 0 Å². The van der Waals surface area contributed by atoms with Gasteiger partial charge in [-0.05, 0) is 63.0 Å². The quantitative estimate of drug-likeness (QED) is 0.455. The van der Waals surface area contributed by atoms with Gasteiger partial charge < -0.3 is 19.7 Å². The summed E-state index contributed by atoms with van der Waals surface area (Å²) in [6.45, 7) is 10.1. The maximum absolute atomic E-state index is 15.8. The summed E-state index contributed by atoms with van der Waals surface area (Å²) in [5.74, 6) is -5.85. The third-order valence-corrected chi connectivity index (χ3v) is 8.96. The van der Waals surface area contributed by atoms with Gasteiger partial charge in [-0.15, -0.1) is 0 Å². The Morgan fingerprint density at radius 1 is 1.14 bits per heavy atom. The van der Waals surface area contributed by atoms with Gasteiger partial charge in [0.25, 0.3) is 5.92 Å². The third-order valence-electron chi connectivity index (χ3n) is 8.96. The monoisotopic (exact) mass is 604 g/mol. The molecule has 234 valence electrons. The van der Waals surface area contributed by atoms with Crippen LogP contribution in [0, 0.1) is 23.1 Å².